The van der Waals surface area contributed by atoms with Gasteiger partial charge in [-0.2, -0.15) is 0 Å². The van der Waals surface area contributed by atoms with E-state index in [1.54, 1.807) is 18.3 Å². The van der Waals surface area contributed by atoms with E-state index in [0.717, 1.165) is 13.0 Å². The molecule has 1 aromatic rings. The maximum atomic E-state index is 12.4. The molecule has 110 valence electrons. The van der Waals surface area contributed by atoms with Gasteiger partial charge < -0.3 is 4.90 Å². The molecule has 0 aromatic carbocycles. The first-order chi connectivity index (χ1) is 9.23. The lowest BCUT2D eigenvalue weighted by Crippen LogP contribution is -2.23. The van der Waals surface area contributed by atoms with E-state index in [0.29, 0.717) is 17.7 Å². The molecule has 0 atom stereocenters. The van der Waals surface area contributed by atoms with Gasteiger partial charge in [-0.25, -0.2) is 0 Å². The standard InChI is InChI=1S/C16H24N2O2/c1-16(2,3)15(20)12-8-6-10-17-14(12)13(19)9-7-11-18(4)5/h6,8,10H,7,9,11H2,1-5H3. The molecule has 1 aromatic heterocycles. The molecule has 0 fully saturated rings. The van der Waals surface area contributed by atoms with Gasteiger partial charge in [-0.3, -0.25) is 14.6 Å². The molecule has 1 rings (SSSR count). The van der Waals surface area contributed by atoms with Crippen molar-refractivity contribution in [1.82, 2.24) is 9.88 Å². The molecule has 0 radical (unpaired) electrons. The van der Waals surface area contributed by atoms with E-state index < -0.39 is 5.41 Å². The van der Waals surface area contributed by atoms with Crippen LogP contribution in [0.4, 0.5) is 0 Å². The topological polar surface area (TPSA) is 50.3 Å². The van der Waals surface area contributed by atoms with Crippen LogP contribution in [-0.4, -0.2) is 42.1 Å². The first-order valence-corrected chi connectivity index (χ1v) is 6.91. The summed E-state index contributed by atoms with van der Waals surface area (Å²) in [5.41, 5.74) is 0.239. The molecular formula is C16H24N2O2. The maximum Gasteiger partial charge on any atom is 0.181 e. The van der Waals surface area contributed by atoms with Crippen molar-refractivity contribution in [3.05, 3.63) is 29.6 Å². The van der Waals surface area contributed by atoms with E-state index in [2.05, 4.69) is 4.98 Å². The third-order valence-corrected chi connectivity index (χ3v) is 3.01. The Kier molecular flexibility index (Phi) is 5.57. The van der Waals surface area contributed by atoms with Gasteiger partial charge in [0.25, 0.3) is 0 Å². The summed E-state index contributed by atoms with van der Waals surface area (Å²) in [6, 6.07) is 3.40. The highest BCUT2D eigenvalue weighted by Crippen LogP contribution is 2.23. The number of aromatic nitrogens is 1. The Balaban J connectivity index is 2.90. The summed E-state index contributed by atoms with van der Waals surface area (Å²) < 4.78 is 0. The highest BCUT2D eigenvalue weighted by Gasteiger charge is 2.27. The lowest BCUT2D eigenvalue weighted by atomic mass is 9.85. The fourth-order valence-electron chi connectivity index (χ4n) is 1.89. The van der Waals surface area contributed by atoms with Crippen LogP contribution < -0.4 is 0 Å². The second kappa shape index (κ2) is 6.75. The van der Waals surface area contributed by atoms with Crippen LogP contribution in [0.5, 0.6) is 0 Å². The predicted molar refractivity (Wildman–Crippen MR) is 80.1 cm³/mol. The molecule has 0 aliphatic carbocycles. The molecule has 4 nitrogen and oxygen atoms in total. The summed E-state index contributed by atoms with van der Waals surface area (Å²) >= 11 is 0. The minimum Gasteiger partial charge on any atom is -0.309 e. The van der Waals surface area contributed by atoms with Crippen molar-refractivity contribution < 1.29 is 9.59 Å². The maximum absolute atomic E-state index is 12.4. The smallest absolute Gasteiger partial charge is 0.181 e. The molecule has 0 unspecified atom stereocenters. The summed E-state index contributed by atoms with van der Waals surface area (Å²) in [5, 5.41) is 0. The zero-order valence-electron chi connectivity index (χ0n) is 13.1. The Labute approximate surface area is 121 Å². The normalized spacial score (nSPS) is 11.7. The molecule has 4 heteroatoms. The van der Waals surface area contributed by atoms with Gasteiger partial charge in [-0.1, -0.05) is 20.8 Å². The van der Waals surface area contributed by atoms with E-state index >= 15 is 0 Å². The molecular weight excluding hydrogens is 252 g/mol. The van der Waals surface area contributed by atoms with Crippen LogP contribution in [0.15, 0.2) is 18.3 Å². The van der Waals surface area contributed by atoms with E-state index in [-0.39, 0.29) is 11.6 Å². The molecule has 0 bridgehead atoms. The molecule has 1 heterocycles. The molecule has 0 N–H and O–H groups in total. The Bertz CT molecular complexity index is 487. The largest absolute Gasteiger partial charge is 0.309 e. The zero-order chi connectivity index (χ0) is 15.3. The number of ketones is 2. The summed E-state index contributed by atoms with van der Waals surface area (Å²) in [4.78, 5) is 30.8. The fourth-order valence-corrected chi connectivity index (χ4v) is 1.89. The van der Waals surface area contributed by atoms with Crippen LogP contribution >= 0.6 is 0 Å². The minimum atomic E-state index is -0.512. The Hall–Kier alpha value is -1.55. The highest BCUT2D eigenvalue weighted by atomic mass is 16.1. The summed E-state index contributed by atoms with van der Waals surface area (Å²) in [7, 11) is 3.94. The fraction of sp³-hybridized carbons (Fsp3) is 0.562. The van der Waals surface area contributed by atoms with Crippen LogP contribution in [0.3, 0.4) is 0 Å². The molecule has 20 heavy (non-hydrogen) atoms. The van der Waals surface area contributed by atoms with Gasteiger partial charge in [-0.15, -0.1) is 0 Å². The number of nitrogens with zero attached hydrogens (tertiary/aromatic N) is 2. The number of hydrogen-bond acceptors (Lipinski definition) is 4. The number of rotatable bonds is 6. The average molecular weight is 276 g/mol. The molecule has 0 aliphatic rings. The number of carbonyl (C=O) groups is 2. The van der Waals surface area contributed by atoms with Crippen molar-refractivity contribution in [2.24, 2.45) is 5.41 Å². The van der Waals surface area contributed by atoms with Crippen molar-refractivity contribution in [2.45, 2.75) is 33.6 Å². The van der Waals surface area contributed by atoms with Gasteiger partial charge in [-0.05, 0) is 39.2 Å². The minimum absolute atomic E-state index is 0.0402. The third kappa shape index (κ3) is 4.53. The summed E-state index contributed by atoms with van der Waals surface area (Å²) in [6.07, 6.45) is 2.75. The van der Waals surface area contributed by atoms with Crippen molar-refractivity contribution in [1.29, 1.82) is 0 Å². The van der Waals surface area contributed by atoms with Crippen LogP contribution in [0, 0.1) is 5.41 Å². The second-order valence-electron chi connectivity index (χ2n) is 6.31. The monoisotopic (exact) mass is 276 g/mol. The van der Waals surface area contributed by atoms with Crippen LogP contribution in [0.25, 0.3) is 0 Å². The SMILES string of the molecule is CN(C)CCCC(=O)c1ncccc1C(=O)C(C)(C)C. The Morgan fingerprint density at radius 3 is 2.45 bits per heavy atom. The lowest BCUT2D eigenvalue weighted by molar-refractivity contribution is 0.0848. The van der Waals surface area contributed by atoms with Crippen LogP contribution in [0.2, 0.25) is 0 Å². The second-order valence-corrected chi connectivity index (χ2v) is 6.31. The molecule has 0 amide bonds. The van der Waals surface area contributed by atoms with Gasteiger partial charge in [0.05, 0.1) is 0 Å². The number of carbonyl (C=O) groups excluding carboxylic acids is 2. The zero-order valence-corrected chi connectivity index (χ0v) is 13.1. The van der Waals surface area contributed by atoms with E-state index in [9.17, 15) is 9.59 Å². The Morgan fingerprint density at radius 1 is 1.25 bits per heavy atom. The lowest BCUT2D eigenvalue weighted by Gasteiger charge is -2.18. The van der Waals surface area contributed by atoms with Gasteiger partial charge in [0, 0.05) is 23.6 Å². The van der Waals surface area contributed by atoms with Crippen LogP contribution in [0.1, 0.15) is 54.5 Å². The predicted octanol–water partition coefficient (Wildman–Crippen LogP) is 2.83. The van der Waals surface area contributed by atoms with E-state index in [1.165, 1.54) is 0 Å². The van der Waals surface area contributed by atoms with E-state index in [1.807, 2.05) is 39.8 Å². The first kappa shape index (κ1) is 16.5. The average Bonchev–Trinajstić information content (AvgIpc) is 2.36. The van der Waals surface area contributed by atoms with Gasteiger partial charge in [0.15, 0.2) is 11.6 Å². The van der Waals surface area contributed by atoms with Crippen molar-refractivity contribution in [3.8, 4) is 0 Å². The number of hydrogen-bond donors (Lipinski definition) is 0. The summed E-state index contributed by atoms with van der Waals surface area (Å²) in [5.74, 6) is -0.0957. The number of pyridine rings is 1. The van der Waals surface area contributed by atoms with Gasteiger partial charge >= 0.3 is 0 Å². The van der Waals surface area contributed by atoms with Gasteiger partial charge in [0.1, 0.15) is 5.69 Å². The van der Waals surface area contributed by atoms with Crippen molar-refractivity contribution in [2.75, 3.05) is 20.6 Å². The third-order valence-electron chi connectivity index (χ3n) is 3.01. The van der Waals surface area contributed by atoms with Crippen molar-refractivity contribution >= 4 is 11.6 Å². The first-order valence-electron chi connectivity index (χ1n) is 6.91. The van der Waals surface area contributed by atoms with Crippen LogP contribution in [-0.2, 0) is 0 Å². The summed E-state index contributed by atoms with van der Waals surface area (Å²) in [6.45, 7) is 6.40. The molecule has 0 saturated heterocycles. The number of Topliss-reactive ketones (excluding diaryl/α,β-unsaturated/α-hetero) is 2. The Morgan fingerprint density at radius 2 is 1.90 bits per heavy atom. The molecule has 0 aliphatic heterocycles. The molecule has 0 spiro atoms. The van der Waals surface area contributed by atoms with E-state index in [4.69, 9.17) is 0 Å². The molecule has 0 saturated carbocycles. The van der Waals surface area contributed by atoms with Crippen molar-refractivity contribution in [3.63, 3.8) is 0 Å². The quantitative estimate of drug-likeness (QED) is 0.750. The van der Waals surface area contributed by atoms with Gasteiger partial charge in [0.2, 0.25) is 0 Å². The highest BCUT2D eigenvalue weighted by molar-refractivity contribution is 6.09.